The van der Waals surface area contributed by atoms with Crippen molar-refractivity contribution in [2.75, 3.05) is 4.90 Å². The van der Waals surface area contributed by atoms with E-state index < -0.39 is 0 Å². The van der Waals surface area contributed by atoms with Gasteiger partial charge in [0, 0.05) is 33.5 Å². The average Bonchev–Trinajstić information content (AvgIpc) is 3.61. The molecule has 0 aliphatic carbocycles. The van der Waals surface area contributed by atoms with E-state index in [2.05, 4.69) is 228 Å². The summed E-state index contributed by atoms with van der Waals surface area (Å²) in [5.41, 5.74) is 11.6. The molecule has 1 heterocycles. The Morgan fingerprint density at radius 1 is 0.304 bits per heavy atom. The first-order valence-electron chi connectivity index (χ1n) is 19.3. The molecular formula is C54H36N2. The minimum Gasteiger partial charge on any atom is -0.310 e. The van der Waals surface area contributed by atoms with E-state index in [1.54, 1.807) is 0 Å². The highest BCUT2D eigenvalue weighted by atomic mass is 15.1. The van der Waals surface area contributed by atoms with E-state index in [1.807, 2.05) is 0 Å². The van der Waals surface area contributed by atoms with Crippen LogP contribution in [0.2, 0.25) is 0 Å². The van der Waals surface area contributed by atoms with E-state index in [0.29, 0.717) is 0 Å². The molecular weight excluding hydrogens is 677 g/mol. The van der Waals surface area contributed by atoms with Crippen molar-refractivity contribution in [2.24, 2.45) is 0 Å². The number of benzene rings is 10. The summed E-state index contributed by atoms with van der Waals surface area (Å²) in [6, 6.07) is 79.5. The quantitative estimate of drug-likeness (QED) is 0.156. The van der Waals surface area contributed by atoms with E-state index in [0.717, 1.165) is 22.7 Å². The average molecular weight is 713 g/mol. The molecule has 10 aromatic carbocycles. The molecule has 0 aliphatic heterocycles. The summed E-state index contributed by atoms with van der Waals surface area (Å²) in [6.07, 6.45) is 0. The zero-order chi connectivity index (χ0) is 37.0. The molecule has 0 atom stereocenters. The lowest BCUT2D eigenvalue weighted by molar-refractivity contribution is 1.18. The van der Waals surface area contributed by atoms with Gasteiger partial charge < -0.3 is 9.47 Å². The third-order valence-corrected chi connectivity index (χ3v) is 11.3. The van der Waals surface area contributed by atoms with Gasteiger partial charge in [-0.1, -0.05) is 158 Å². The molecule has 0 unspecified atom stereocenters. The molecule has 56 heavy (non-hydrogen) atoms. The van der Waals surface area contributed by atoms with Crippen LogP contribution in [0, 0.1) is 0 Å². The van der Waals surface area contributed by atoms with Gasteiger partial charge in [-0.2, -0.15) is 0 Å². The van der Waals surface area contributed by atoms with Crippen LogP contribution in [0.3, 0.4) is 0 Å². The fraction of sp³-hybridized carbons (Fsp3) is 0. The highest BCUT2D eigenvalue weighted by molar-refractivity contribution is 6.20. The molecule has 0 N–H and O–H groups in total. The summed E-state index contributed by atoms with van der Waals surface area (Å²) in [6.45, 7) is 0. The third kappa shape index (κ3) is 5.26. The van der Waals surface area contributed by atoms with Gasteiger partial charge in [0.25, 0.3) is 0 Å². The molecule has 262 valence electrons. The van der Waals surface area contributed by atoms with Crippen LogP contribution in [0.1, 0.15) is 0 Å². The standard InChI is InChI=1S/C54H36N2/c1-3-13-37(14-4-1)51-36-45(31-33-46(51)39-27-29-43(30-28-39)56-52-21-11-9-19-49(52)50-20-10-12-22-53(50)56)55(42-16-5-2-6-17-42)44-32-34-48-41(35-44)26-25-40-24-23-38-15-7-8-18-47(38)54(40)48/h1-36H. The van der Waals surface area contributed by atoms with Crippen LogP contribution >= 0.6 is 0 Å². The zero-order valence-corrected chi connectivity index (χ0v) is 30.7. The van der Waals surface area contributed by atoms with Crippen LogP contribution in [0.15, 0.2) is 218 Å². The summed E-state index contributed by atoms with van der Waals surface area (Å²) in [7, 11) is 0. The molecule has 0 saturated heterocycles. The molecule has 2 nitrogen and oxygen atoms in total. The van der Waals surface area contributed by atoms with Crippen molar-refractivity contribution in [3.8, 4) is 27.9 Å². The Hall–Kier alpha value is -7.42. The molecule has 11 rings (SSSR count). The van der Waals surface area contributed by atoms with Crippen LogP contribution in [0.4, 0.5) is 17.1 Å². The molecule has 2 heteroatoms. The van der Waals surface area contributed by atoms with Crippen molar-refractivity contribution in [2.45, 2.75) is 0 Å². The lowest BCUT2D eigenvalue weighted by atomic mass is 9.93. The third-order valence-electron chi connectivity index (χ3n) is 11.3. The van der Waals surface area contributed by atoms with Crippen molar-refractivity contribution < 1.29 is 0 Å². The Morgan fingerprint density at radius 3 is 1.57 bits per heavy atom. The van der Waals surface area contributed by atoms with Gasteiger partial charge in [0.2, 0.25) is 0 Å². The first kappa shape index (κ1) is 32.0. The first-order chi connectivity index (χ1) is 27.8. The van der Waals surface area contributed by atoms with Crippen LogP contribution < -0.4 is 4.90 Å². The van der Waals surface area contributed by atoms with Gasteiger partial charge in [0.1, 0.15) is 0 Å². The fourth-order valence-corrected chi connectivity index (χ4v) is 8.76. The molecule has 0 aliphatic rings. The summed E-state index contributed by atoms with van der Waals surface area (Å²) in [5.74, 6) is 0. The number of anilines is 3. The number of fused-ring (bicyclic) bond motifs is 8. The number of hydrogen-bond donors (Lipinski definition) is 0. The largest absolute Gasteiger partial charge is 0.310 e. The molecule has 0 radical (unpaired) electrons. The van der Waals surface area contributed by atoms with Crippen LogP contribution in [-0.4, -0.2) is 4.57 Å². The Labute approximate surface area is 325 Å². The Kier molecular flexibility index (Phi) is 7.53. The van der Waals surface area contributed by atoms with Crippen molar-refractivity contribution in [3.05, 3.63) is 218 Å². The monoisotopic (exact) mass is 712 g/mol. The second-order valence-electron chi connectivity index (χ2n) is 14.5. The second kappa shape index (κ2) is 13.2. The van der Waals surface area contributed by atoms with Crippen LogP contribution in [0.5, 0.6) is 0 Å². The van der Waals surface area contributed by atoms with Crippen molar-refractivity contribution in [3.63, 3.8) is 0 Å². The summed E-state index contributed by atoms with van der Waals surface area (Å²) >= 11 is 0. The summed E-state index contributed by atoms with van der Waals surface area (Å²) < 4.78 is 2.38. The number of nitrogens with zero attached hydrogens (tertiary/aromatic N) is 2. The SMILES string of the molecule is c1ccc(-c2cc(N(c3ccccc3)c3ccc4c(ccc5ccc6ccccc6c54)c3)ccc2-c2ccc(-n3c4ccccc4c4ccccc43)cc2)cc1. The van der Waals surface area contributed by atoms with E-state index >= 15 is 0 Å². The van der Waals surface area contributed by atoms with Gasteiger partial charge in [0.05, 0.1) is 11.0 Å². The maximum Gasteiger partial charge on any atom is 0.0541 e. The van der Waals surface area contributed by atoms with Crippen LogP contribution in [-0.2, 0) is 0 Å². The molecule has 0 amide bonds. The van der Waals surface area contributed by atoms with E-state index in [-0.39, 0.29) is 0 Å². The molecule has 0 bridgehead atoms. The number of para-hydroxylation sites is 3. The van der Waals surface area contributed by atoms with E-state index in [1.165, 1.54) is 76.4 Å². The highest BCUT2D eigenvalue weighted by Gasteiger charge is 2.18. The molecule has 1 aromatic heterocycles. The molecule has 11 aromatic rings. The lowest BCUT2D eigenvalue weighted by Gasteiger charge is -2.27. The highest BCUT2D eigenvalue weighted by Crippen LogP contribution is 2.43. The smallest absolute Gasteiger partial charge is 0.0541 e. The Bertz CT molecular complexity index is 3180. The van der Waals surface area contributed by atoms with Gasteiger partial charge in [-0.25, -0.2) is 0 Å². The maximum atomic E-state index is 2.38. The maximum absolute atomic E-state index is 2.38. The van der Waals surface area contributed by atoms with E-state index in [9.17, 15) is 0 Å². The molecule has 0 spiro atoms. The minimum atomic E-state index is 1.10. The number of aromatic nitrogens is 1. The summed E-state index contributed by atoms with van der Waals surface area (Å²) in [4.78, 5) is 2.38. The zero-order valence-electron chi connectivity index (χ0n) is 30.7. The van der Waals surface area contributed by atoms with Crippen LogP contribution in [0.25, 0.3) is 82.1 Å². The van der Waals surface area contributed by atoms with Crippen molar-refractivity contribution >= 4 is 71.2 Å². The topological polar surface area (TPSA) is 8.17 Å². The van der Waals surface area contributed by atoms with Crippen molar-refractivity contribution in [1.29, 1.82) is 0 Å². The number of hydrogen-bond acceptors (Lipinski definition) is 1. The fourth-order valence-electron chi connectivity index (χ4n) is 8.76. The van der Waals surface area contributed by atoms with Gasteiger partial charge in [-0.3, -0.25) is 0 Å². The van der Waals surface area contributed by atoms with Gasteiger partial charge in [-0.05, 0) is 115 Å². The van der Waals surface area contributed by atoms with Gasteiger partial charge >= 0.3 is 0 Å². The molecule has 0 fully saturated rings. The predicted octanol–water partition coefficient (Wildman–Crippen LogP) is 15.0. The van der Waals surface area contributed by atoms with Crippen molar-refractivity contribution in [1.82, 2.24) is 4.57 Å². The minimum absolute atomic E-state index is 1.10. The second-order valence-corrected chi connectivity index (χ2v) is 14.5. The van der Waals surface area contributed by atoms with E-state index in [4.69, 9.17) is 0 Å². The van der Waals surface area contributed by atoms with Gasteiger partial charge in [-0.15, -0.1) is 0 Å². The summed E-state index contributed by atoms with van der Waals surface area (Å²) in [5, 5.41) is 10.1. The first-order valence-corrected chi connectivity index (χ1v) is 19.3. The normalized spacial score (nSPS) is 11.6. The lowest BCUT2D eigenvalue weighted by Crippen LogP contribution is -2.10. The Balaban J connectivity index is 1.05. The molecule has 0 saturated carbocycles. The van der Waals surface area contributed by atoms with Gasteiger partial charge in [0.15, 0.2) is 0 Å². The predicted molar refractivity (Wildman–Crippen MR) is 239 cm³/mol. The Morgan fingerprint density at radius 2 is 0.839 bits per heavy atom. The number of rotatable bonds is 6.